The maximum Gasteiger partial charge on any atom is 0.239 e. The van der Waals surface area contributed by atoms with E-state index in [2.05, 4.69) is 5.32 Å². The molecule has 1 heterocycles. The largest absolute Gasteiger partial charge is 0.339 e. The number of hydrogen-bond donors (Lipinski definition) is 2. The van der Waals surface area contributed by atoms with Crippen LogP contribution < -0.4 is 11.1 Å². The molecule has 0 aromatic carbocycles. The molecule has 0 aromatic rings. The zero-order chi connectivity index (χ0) is 12.2. The molecule has 1 atom stereocenters. The average molecular weight is 249 g/mol. The molecule has 0 radical (unpaired) electrons. The van der Waals surface area contributed by atoms with Crippen LogP contribution in [0.5, 0.6) is 0 Å². The molecule has 1 amide bonds. The Morgan fingerprint density at radius 1 is 1.44 bits per heavy atom. The normalized spacial score (nSPS) is 19.5. The SMILES string of the molecule is CS(=O)(=O)CCC(N)C(=O)N1CCNCC1. The number of carbonyl (C=O) groups excluding carboxylic acids is 1. The van der Waals surface area contributed by atoms with Crippen molar-refractivity contribution in [3.63, 3.8) is 0 Å². The fourth-order valence-electron chi connectivity index (χ4n) is 1.58. The molecular weight excluding hydrogens is 230 g/mol. The molecule has 94 valence electrons. The molecule has 0 aromatic heterocycles. The second kappa shape index (κ2) is 5.60. The van der Waals surface area contributed by atoms with E-state index in [0.29, 0.717) is 13.1 Å². The van der Waals surface area contributed by atoms with E-state index in [9.17, 15) is 13.2 Å². The first-order valence-electron chi connectivity index (χ1n) is 5.33. The number of sulfone groups is 1. The van der Waals surface area contributed by atoms with Crippen molar-refractivity contribution in [3.05, 3.63) is 0 Å². The van der Waals surface area contributed by atoms with E-state index < -0.39 is 15.9 Å². The van der Waals surface area contributed by atoms with E-state index >= 15 is 0 Å². The van der Waals surface area contributed by atoms with Gasteiger partial charge in [-0.3, -0.25) is 4.79 Å². The maximum absolute atomic E-state index is 11.8. The third-order valence-corrected chi connectivity index (χ3v) is 3.52. The van der Waals surface area contributed by atoms with Crippen LogP contribution in [0.4, 0.5) is 0 Å². The van der Waals surface area contributed by atoms with Gasteiger partial charge in [-0.25, -0.2) is 8.42 Å². The van der Waals surface area contributed by atoms with E-state index in [0.717, 1.165) is 19.3 Å². The summed E-state index contributed by atoms with van der Waals surface area (Å²) in [7, 11) is -3.05. The molecule has 1 rings (SSSR count). The molecule has 3 N–H and O–H groups in total. The maximum atomic E-state index is 11.8. The summed E-state index contributed by atoms with van der Waals surface area (Å²) >= 11 is 0. The molecule has 1 aliphatic heterocycles. The van der Waals surface area contributed by atoms with Crippen molar-refractivity contribution >= 4 is 15.7 Å². The molecule has 0 aliphatic carbocycles. The molecule has 6 nitrogen and oxygen atoms in total. The molecule has 0 saturated carbocycles. The fourth-order valence-corrected chi connectivity index (χ4v) is 2.27. The second-order valence-electron chi connectivity index (χ2n) is 4.10. The molecular formula is C9H19N3O3S. The van der Waals surface area contributed by atoms with Gasteiger partial charge in [0.05, 0.1) is 11.8 Å². The van der Waals surface area contributed by atoms with Crippen molar-refractivity contribution in [2.24, 2.45) is 5.73 Å². The first-order valence-corrected chi connectivity index (χ1v) is 7.39. The molecule has 7 heteroatoms. The summed E-state index contributed by atoms with van der Waals surface area (Å²) in [5, 5.41) is 3.13. The van der Waals surface area contributed by atoms with Crippen LogP contribution >= 0.6 is 0 Å². The van der Waals surface area contributed by atoms with Crippen molar-refractivity contribution < 1.29 is 13.2 Å². The third kappa shape index (κ3) is 4.46. The van der Waals surface area contributed by atoms with Crippen molar-refractivity contribution in [1.29, 1.82) is 0 Å². The minimum absolute atomic E-state index is 0.0357. The molecule has 16 heavy (non-hydrogen) atoms. The summed E-state index contributed by atoms with van der Waals surface area (Å²) in [5.74, 6) is -0.184. The Labute approximate surface area is 96.1 Å². The minimum Gasteiger partial charge on any atom is -0.339 e. The summed E-state index contributed by atoms with van der Waals surface area (Å²) in [5.41, 5.74) is 5.68. The van der Waals surface area contributed by atoms with Crippen LogP contribution in [-0.4, -0.2) is 63.5 Å². The standard InChI is InChI=1S/C9H19N3O3S/c1-16(14,15)7-2-8(10)9(13)12-5-3-11-4-6-12/h8,11H,2-7,10H2,1H3. The zero-order valence-electron chi connectivity index (χ0n) is 9.48. The lowest BCUT2D eigenvalue weighted by atomic mass is 10.2. The summed E-state index contributed by atoms with van der Waals surface area (Å²) in [6, 6.07) is -0.701. The number of nitrogens with one attached hydrogen (secondary N) is 1. The van der Waals surface area contributed by atoms with E-state index in [4.69, 9.17) is 5.73 Å². The van der Waals surface area contributed by atoms with Crippen molar-refractivity contribution in [2.45, 2.75) is 12.5 Å². The van der Waals surface area contributed by atoms with Crippen molar-refractivity contribution in [1.82, 2.24) is 10.2 Å². The Balaban J connectivity index is 2.40. The zero-order valence-corrected chi connectivity index (χ0v) is 10.3. The topological polar surface area (TPSA) is 92.5 Å². The fraction of sp³-hybridized carbons (Fsp3) is 0.889. The highest BCUT2D eigenvalue weighted by molar-refractivity contribution is 7.90. The molecule has 1 fully saturated rings. The number of nitrogens with two attached hydrogens (primary N) is 1. The lowest BCUT2D eigenvalue weighted by molar-refractivity contribution is -0.133. The number of rotatable bonds is 4. The van der Waals surface area contributed by atoms with Gasteiger partial charge in [0.1, 0.15) is 9.84 Å². The highest BCUT2D eigenvalue weighted by Crippen LogP contribution is 2.01. The average Bonchev–Trinajstić information content (AvgIpc) is 2.25. The first-order chi connectivity index (χ1) is 7.40. The van der Waals surface area contributed by atoms with Crippen LogP contribution in [0.2, 0.25) is 0 Å². The van der Waals surface area contributed by atoms with Crippen LogP contribution in [0.1, 0.15) is 6.42 Å². The summed E-state index contributed by atoms with van der Waals surface area (Å²) < 4.78 is 21.9. The molecule has 1 aliphatic rings. The highest BCUT2D eigenvalue weighted by Gasteiger charge is 2.23. The van der Waals surface area contributed by atoms with Gasteiger partial charge in [-0.1, -0.05) is 0 Å². The van der Waals surface area contributed by atoms with Gasteiger partial charge in [0.15, 0.2) is 0 Å². The van der Waals surface area contributed by atoms with Crippen LogP contribution in [0.15, 0.2) is 0 Å². The Morgan fingerprint density at radius 3 is 2.50 bits per heavy atom. The number of piperazine rings is 1. The van der Waals surface area contributed by atoms with Crippen LogP contribution in [0, 0.1) is 0 Å². The van der Waals surface area contributed by atoms with Gasteiger partial charge in [-0.15, -0.1) is 0 Å². The number of carbonyl (C=O) groups is 1. The van der Waals surface area contributed by atoms with Gasteiger partial charge in [0.2, 0.25) is 5.91 Å². The number of amides is 1. The number of hydrogen-bond acceptors (Lipinski definition) is 5. The van der Waals surface area contributed by atoms with E-state index in [-0.39, 0.29) is 18.1 Å². The minimum atomic E-state index is -3.05. The lowest BCUT2D eigenvalue weighted by Gasteiger charge is -2.29. The van der Waals surface area contributed by atoms with Crippen LogP contribution in [-0.2, 0) is 14.6 Å². The van der Waals surface area contributed by atoms with Gasteiger partial charge in [0, 0.05) is 32.4 Å². The predicted molar refractivity (Wildman–Crippen MR) is 61.8 cm³/mol. The van der Waals surface area contributed by atoms with Gasteiger partial charge < -0.3 is 16.0 Å². The summed E-state index contributed by atoms with van der Waals surface area (Å²) in [6.45, 7) is 2.83. The summed E-state index contributed by atoms with van der Waals surface area (Å²) in [6.07, 6.45) is 1.34. The Hall–Kier alpha value is -0.660. The quantitative estimate of drug-likeness (QED) is 0.612. The molecule has 1 unspecified atom stereocenters. The predicted octanol–water partition coefficient (Wildman–Crippen LogP) is -1.82. The smallest absolute Gasteiger partial charge is 0.239 e. The van der Waals surface area contributed by atoms with E-state index in [1.807, 2.05) is 0 Å². The Bertz CT molecular complexity index is 336. The lowest BCUT2D eigenvalue weighted by Crippen LogP contribution is -2.52. The van der Waals surface area contributed by atoms with Crippen molar-refractivity contribution in [2.75, 3.05) is 38.2 Å². The number of nitrogens with zero attached hydrogens (tertiary/aromatic N) is 1. The van der Waals surface area contributed by atoms with Crippen LogP contribution in [0.25, 0.3) is 0 Å². The molecule has 1 saturated heterocycles. The van der Waals surface area contributed by atoms with Gasteiger partial charge in [0.25, 0.3) is 0 Å². The third-order valence-electron chi connectivity index (χ3n) is 2.55. The molecule has 0 spiro atoms. The van der Waals surface area contributed by atoms with Crippen molar-refractivity contribution in [3.8, 4) is 0 Å². The highest BCUT2D eigenvalue weighted by atomic mass is 32.2. The van der Waals surface area contributed by atoms with Gasteiger partial charge in [-0.2, -0.15) is 0 Å². The Morgan fingerprint density at radius 2 is 2.00 bits per heavy atom. The van der Waals surface area contributed by atoms with E-state index in [1.54, 1.807) is 4.90 Å². The van der Waals surface area contributed by atoms with E-state index in [1.165, 1.54) is 0 Å². The van der Waals surface area contributed by atoms with Crippen LogP contribution in [0.3, 0.4) is 0 Å². The monoisotopic (exact) mass is 249 g/mol. The van der Waals surface area contributed by atoms with Gasteiger partial charge in [-0.05, 0) is 6.42 Å². The first kappa shape index (κ1) is 13.4. The summed E-state index contributed by atoms with van der Waals surface area (Å²) in [4.78, 5) is 13.5. The van der Waals surface area contributed by atoms with Gasteiger partial charge >= 0.3 is 0 Å². The second-order valence-corrected chi connectivity index (χ2v) is 6.36. The molecule has 0 bridgehead atoms. The Kier molecular flexibility index (Phi) is 4.69.